The Hall–Kier alpha value is -2.51. The molecule has 1 amide bonds. The van der Waals surface area contributed by atoms with Gasteiger partial charge in [-0.15, -0.1) is 0 Å². The van der Waals surface area contributed by atoms with Gasteiger partial charge in [-0.1, -0.05) is 17.7 Å². The number of para-hydroxylation sites is 1. The van der Waals surface area contributed by atoms with Gasteiger partial charge in [-0.25, -0.2) is 0 Å². The van der Waals surface area contributed by atoms with Crippen molar-refractivity contribution in [3.63, 3.8) is 0 Å². The number of carbonyl (C=O) groups excluding carboxylic acids is 1. The highest BCUT2D eigenvalue weighted by Gasteiger charge is 2.17. The van der Waals surface area contributed by atoms with Crippen molar-refractivity contribution in [2.24, 2.45) is 0 Å². The third-order valence-corrected chi connectivity index (χ3v) is 3.30. The van der Waals surface area contributed by atoms with E-state index in [-0.39, 0.29) is 11.6 Å². The van der Waals surface area contributed by atoms with Crippen LogP contribution in [-0.2, 0) is 0 Å². The number of nitrogens with two attached hydrogens (primary N) is 1. The first-order valence-corrected chi connectivity index (χ1v) is 6.24. The Morgan fingerprint density at radius 3 is 2.50 bits per heavy atom. The summed E-state index contributed by atoms with van der Waals surface area (Å²) >= 11 is 5.92. The number of benzene rings is 2. The number of rotatable bonds is 2. The Kier molecular flexibility index (Phi) is 3.92. The normalized spacial score (nSPS) is 9.85. The van der Waals surface area contributed by atoms with Crippen LogP contribution in [0.5, 0.6) is 0 Å². The molecular weight excluding hydrogens is 274 g/mol. The Balaban J connectivity index is 2.32. The smallest absolute Gasteiger partial charge is 0.260 e. The Morgan fingerprint density at radius 2 is 1.90 bits per heavy atom. The summed E-state index contributed by atoms with van der Waals surface area (Å²) in [5.41, 5.74) is 7.65. The molecule has 0 fully saturated rings. The predicted molar refractivity (Wildman–Crippen MR) is 79.8 cm³/mol. The Labute approximate surface area is 122 Å². The largest absolute Gasteiger partial charge is 0.397 e. The number of anilines is 2. The van der Waals surface area contributed by atoms with E-state index in [1.807, 2.05) is 6.07 Å². The van der Waals surface area contributed by atoms with Crippen LogP contribution in [0.1, 0.15) is 15.9 Å². The maximum atomic E-state index is 12.4. The molecule has 2 N–H and O–H groups in total. The summed E-state index contributed by atoms with van der Waals surface area (Å²) in [5.74, 6) is -0.255. The Morgan fingerprint density at radius 1 is 1.25 bits per heavy atom. The molecular formula is C15H12ClN3O. The minimum absolute atomic E-state index is 0.255. The van der Waals surface area contributed by atoms with Gasteiger partial charge >= 0.3 is 0 Å². The SMILES string of the molecule is CN(C(=O)c1cccc(Cl)c1N)c1ccc(C#N)cc1. The van der Waals surface area contributed by atoms with Crippen LogP contribution in [0.4, 0.5) is 11.4 Å². The summed E-state index contributed by atoms with van der Waals surface area (Å²) < 4.78 is 0. The van der Waals surface area contributed by atoms with E-state index >= 15 is 0 Å². The second-order valence-electron chi connectivity index (χ2n) is 4.22. The standard InChI is InChI=1S/C15H12ClN3O/c1-19(11-7-5-10(9-17)6-8-11)15(20)12-3-2-4-13(16)14(12)18/h2-8H,18H2,1H3. The molecule has 4 nitrogen and oxygen atoms in total. The van der Waals surface area contributed by atoms with Crippen LogP contribution in [0, 0.1) is 11.3 Å². The summed E-state index contributed by atoms with van der Waals surface area (Å²) in [5, 5.41) is 9.11. The lowest BCUT2D eigenvalue weighted by atomic mass is 10.1. The van der Waals surface area contributed by atoms with Gasteiger partial charge in [0.2, 0.25) is 0 Å². The van der Waals surface area contributed by atoms with Gasteiger partial charge < -0.3 is 10.6 Å². The molecule has 100 valence electrons. The third kappa shape index (κ3) is 2.58. The molecule has 2 rings (SSSR count). The van der Waals surface area contributed by atoms with Crippen molar-refractivity contribution in [3.05, 3.63) is 58.6 Å². The molecule has 5 heteroatoms. The van der Waals surface area contributed by atoms with E-state index in [2.05, 4.69) is 0 Å². The van der Waals surface area contributed by atoms with Gasteiger partial charge in [-0.2, -0.15) is 5.26 Å². The van der Waals surface area contributed by atoms with Crippen molar-refractivity contribution in [2.45, 2.75) is 0 Å². The zero-order valence-electron chi connectivity index (χ0n) is 10.8. The van der Waals surface area contributed by atoms with Crippen LogP contribution in [0.15, 0.2) is 42.5 Å². The minimum atomic E-state index is -0.255. The summed E-state index contributed by atoms with van der Waals surface area (Å²) in [6.07, 6.45) is 0. The van der Waals surface area contributed by atoms with Crippen LogP contribution in [-0.4, -0.2) is 13.0 Å². The van der Waals surface area contributed by atoms with E-state index in [4.69, 9.17) is 22.6 Å². The Bertz CT molecular complexity index is 689. The van der Waals surface area contributed by atoms with Crippen LogP contribution in [0.25, 0.3) is 0 Å². The van der Waals surface area contributed by atoms with Crippen LogP contribution in [0.2, 0.25) is 5.02 Å². The molecule has 2 aromatic carbocycles. The predicted octanol–water partition coefficient (Wildman–Crippen LogP) is 3.07. The number of amides is 1. The van der Waals surface area contributed by atoms with Crippen molar-refractivity contribution in [2.75, 3.05) is 17.7 Å². The second-order valence-corrected chi connectivity index (χ2v) is 4.63. The first-order valence-electron chi connectivity index (χ1n) is 5.87. The number of nitrogens with zero attached hydrogens (tertiary/aromatic N) is 2. The molecule has 0 aromatic heterocycles. The lowest BCUT2D eigenvalue weighted by Crippen LogP contribution is -2.27. The van der Waals surface area contributed by atoms with Gasteiger partial charge in [-0.3, -0.25) is 4.79 Å². The summed E-state index contributed by atoms with van der Waals surface area (Å²) in [7, 11) is 1.64. The molecule has 0 heterocycles. The molecule has 0 saturated carbocycles. The fourth-order valence-corrected chi connectivity index (χ4v) is 1.96. The zero-order chi connectivity index (χ0) is 14.7. The van der Waals surface area contributed by atoms with Crippen molar-refractivity contribution < 1.29 is 4.79 Å². The highest BCUT2D eigenvalue weighted by molar-refractivity contribution is 6.34. The molecule has 20 heavy (non-hydrogen) atoms. The molecule has 0 aliphatic heterocycles. The van der Waals surface area contributed by atoms with E-state index in [1.54, 1.807) is 49.5 Å². The van der Waals surface area contributed by atoms with Gasteiger partial charge in [0.25, 0.3) is 5.91 Å². The second kappa shape index (κ2) is 5.64. The first-order chi connectivity index (χ1) is 9.54. The number of nitriles is 1. The lowest BCUT2D eigenvalue weighted by Gasteiger charge is -2.18. The molecule has 2 aromatic rings. The quantitative estimate of drug-likeness (QED) is 0.862. The molecule has 0 aliphatic rings. The maximum Gasteiger partial charge on any atom is 0.260 e. The molecule has 0 bridgehead atoms. The summed E-state index contributed by atoms with van der Waals surface area (Å²) in [4.78, 5) is 13.9. The highest BCUT2D eigenvalue weighted by Crippen LogP contribution is 2.25. The van der Waals surface area contributed by atoms with Crippen LogP contribution in [0.3, 0.4) is 0 Å². The van der Waals surface area contributed by atoms with E-state index in [9.17, 15) is 4.79 Å². The number of carbonyl (C=O) groups is 1. The van der Waals surface area contributed by atoms with Crippen molar-refractivity contribution in [3.8, 4) is 6.07 Å². The molecule has 0 unspecified atom stereocenters. The van der Waals surface area contributed by atoms with Gasteiger partial charge in [0, 0.05) is 12.7 Å². The minimum Gasteiger partial charge on any atom is -0.397 e. The molecule has 0 aliphatic carbocycles. The number of hydrogen-bond acceptors (Lipinski definition) is 3. The van der Waals surface area contributed by atoms with Gasteiger partial charge in [-0.05, 0) is 36.4 Å². The number of halogens is 1. The third-order valence-electron chi connectivity index (χ3n) is 2.97. The van der Waals surface area contributed by atoms with Gasteiger partial charge in [0.1, 0.15) is 0 Å². The molecule has 0 spiro atoms. The monoisotopic (exact) mass is 285 g/mol. The first kappa shape index (κ1) is 13.9. The van der Waals surface area contributed by atoms with Crippen molar-refractivity contribution >= 4 is 28.9 Å². The fourth-order valence-electron chi connectivity index (χ4n) is 1.78. The lowest BCUT2D eigenvalue weighted by molar-refractivity contribution is 0.0994. The summed E-state index contributed by atoms with van der Waals surface area (Å²) in [6, 6.07) is 13.7. The summed E-state index contributed by atoms with van der Waals surface area (Å²) in [6.45, 7) is 0. The van der Waals surface area contributed by atoms with Crippen molar-refractivity contribution in [1.29, 1.82) is 5.26 Å². The zero-order valence-corrected chi connectivity index (χ0v) is 11.6. The van der Waals surface area contributed by atoms with E-state index in [1.165, 1.54) is 4.90 Å². The van der Waals surface area contributed by atoms with Crippen LogP contribution >= 0.6 is 11.6 Å². The average Bonchev–Trinajstić information content (AvgIpc) is 2.48. The molecule has 0 saturated heterocycles. The highest BCUT2D eigenvalue weighted by atomic mass is 35.5. The van der Waals surface area contributed by atoms with E-state index in [0.29, 0.717) is 21.8 Å². The van der Waals surface area contributed by atoms with E-state index in [0.717, 1.165) is 0 Å². The van der Waals surface area contributed by atoms with E-state index < -0.39 is 0 Å². The topological polar surface area (TPSA) is 70.1 Å². The molecule has 0 atom stereocenters. The number of nitrogen functional groups attached to an aromatic ring is 1. The average molecular weight is 286 g/mol. The van der Waals surface area contributed by atoms with Crippen LogP contribution < -0.4 is 10.6 Å². The molecule has 0 radical (unpaired) electrons. The van der Waals surface area contributed by atoms with Gasteiger partial charge in [0.05, 0.1) is 27.9 Å². The maximum absolute atomic E-state index is 12.4. The number of hydrogen-bond donors (Lipinski definition) is 1. The van der Waals surface area contributed by atoms with Crippen molar-refractivity contribution in [1.82, 2.24) is 0 Å². The van der Waals surface area contributed by atoms with Gasteiger partial charge in [0.15, 0.2) is 0 Å². The fraction of sp³-hybridized carbons (Fsp3) is 0.0667.